The highest BCUT2D eigenvalue weighted by molar-refractivity contribution is 6.22. The summed E-state index contributed by atoms with van der Waals surface area (Å²) in [6, 6.07) is 8.66. The van der Waals surface area contributed by atoms with Crippen LogP contribution in [0.5, 0.6) is 0 Å². The highest BCUT2D eigenvalue weighted by atomic mass is 35.5. The lowest BCUT2D eigenvalue weighted by Crippen LogP contribution is -2.39. The molecule has 0 spiro atoms. The van der Waals surface area contributed by atoms with Gasteiger partial charge in [0.2, 0.25) is 0 Å². The molecule has 1 saturated heterocycles. The minimum atomic E-state index is 0. The average Bonchev–Trinajstić information content (AvgIpc) is 2.68. The molecular formula is C22H32ClN5. The fourth-order valence-corrected chi connectivity index (χ4v) is 3.54. The number of likely N-dealkylation sites (tertiary alicyclic amines) is 1. The largest absolute Gasteiger partial charge is 0.397 e. The van der Waals surface area contributed by atoms with Crippen LogP contribution in [0.1, 0.15) is 39.5 Å². The Morgan fingerprint density at radius 1 is 1.14 bits per heavy atom. The zero-order valence-electron chi connectivity index (χ0n) is 16.9. The first-order valence-electron chi connectivity index (χ1n) is 9.97. The Morgan fingerprint density at radius 3 is 2.46 bits per heavy atom. The van der Waals surface area contributed by atoms with E-state index < -0.39 is 0 Å². The van der Waals surface area contributed by atoms with Crippen LogP contribution in [-0.2, 0) is 0 Å². The maximum Gasteiger partial charge on any atom is 0.0870 e. The molecule has 0 radical (unpaired) electrons. The van der Waals surface area contributed by atoms with Gasteiger partial charge >= 0.3 is 0 Å². The molecular weight excluding hydrogens is 370 g/mol. The lowest BCUT2D eigenvalue weighted by atomic mass is 10.0. The molecule has 5 nitrogen and oxygen atoms in total. The number of aliphatic imine (C=N–C) groups is 1. The van der Waals surface area contributed by atoms with Crippen LogP contribution in [0.2, 0.25) is 0 Å². The van der Waals surface area contributed by atoms with Crippen molar-refractivity contribution in [1.82, 2.24) is 4.90 Å². The number of allylic oxidation sites excluding steroid dienone is 3. The molecule has 0 aromatic heterocycles. The van der Waals surface area contributed by atoms with Crippen LogP contribution < -0.4 is 11.1 Å². The molecule has 1 aliphatic heterocycles. The number of nitrogens with zero attached hydrogens (tertiary/aromatic N) is 2. The Morgan fingerprint density at radius 2 is 1.82 bits per heavy atom. The van der Waals surface area contributed by atoms with Crippen LogP contribution in [0, 0.1) is 5.41 Å². The number of piperidine rings is 1. The van der Waals surface area contributed by atoms with Crippen molar-refractivity contribution in [2.24, 2.45) is 10.7 Å². The van der Waals surface area contributed by atoms with Gasteiger partial charge in [0.1, 0.15) is 0 Å². The predicted molar refractivity (Wildman–Crippen MR) is 123 cm³/mol. The first kappa shape index (κ1) is 22.2. The molecule has 1 aromatic carbocycles. The minimum absolute atomic E-state index is 0. The molecule has 1 fully saturated rings. The molecule has 1 unspecified atom stereocenters. The van der Waals surface area contributed by atoms with Crippen molar-refractivity contribution in [3.8, 4) is 0 Å². The number of halogens is 1. The van der Waals surface area contributed by atoms with Crippen LogP contribution in [0.3, 0.4) is 0 Å². The number of anilines is 1. The summed E-state index contributed by atoms with van der Waals surface area (Å²) in [5.41, 5.74) is 10.6. The van der Waals surface area contributed by atoms with Crippen molar-refractivity contribution in [2.45, 2.75) is 45.6 Å². The van der Waals surface area contributed by atoms with Crippen molar-refractivity contribution in [3.63, 3.8) is 0 Å². The van der Waals surface area contributed by atoms with E-state index in [0.29, 0.717) is 17.5 Å². The monoisotopic (exact) mass is 401 g/mol. The lowest BCUT2D eigenvalue weighted by molar-refractivity contribution is 0.219. The zero-order chi connectivity index (χ0) is 19.2. The normalized spacial score (nSPS) is 20.2. The van der Waals surface area contributed by atoms with Crippen molar-refractivity contribution in [3.05, 3.63) is 47.7 Å². The van der Waals surface area contributed by atoms with E-state index in [1.807, 2.05) is 25.1 Å². The van der Waals surface area contributed by atoms with E-state index in [9.17, 15) is 0 Å². The van der Waals surface area contributed by atoms with E-state index in [0.717, 1.165) is 35.6 Å². The van der Waals surface area contributed by atoms with Gasteiger partial charge in [0.15, 0.2) is 0 Å². The molecule has 3 rings (SSSR count). The molecule has 152 valence electrons. The Balaban J connectivity index is 0.00000280. The first-order chi connectivity index (χ1) is 13.0. The number of hydrogen-bond acceptors (Lipinski definition) is 5. The van der Waals surface area contributed by atoms with E-state index in [4.69, 9.17) is 11.1 Å². The SMILES string of the molecule is CCC(CN1CCCCC1)Nc1ccc(N=C2C=C(C)C(=N)C=C2N)cc1.Cl. The van der Waals surface area contributed by atoms with Gasteiger partial charge in [0.05, 0.1) is 22.8 Å². The van der Waals surface area contributed by atoms with Crippen molar-refractivity contribution < 1.29 is 0 Å². The number of hydrogen-bond donors (Lipinski definition) is 3. The lowest BCUT2D eigenvalue weighted by Gasteiger charge is -2.30. The highest BCUT2D eigenvalue weighted by Crippen LogP contribution is 2.21. The molecule has 4 N–H and O–H groups in total. The van der Waals surface area contributed by atoms with E-state index >= 15 is 0 Å². The first-order valence-corrected chi connectivity index (χ1v) is 9.97. The summed E-state index contributed by atoms with van der Waals surface area (Å²) in [6.45, 7) is 7.72. The summed E-state index contributed by atoms with van der Waals surface area (Å²) in [6.07, 6.45) is 8.68. The second kappa shape index (κ2) is 10.4. The summed E-state index contributed by atoms with van der Waals surface area (Å²) in [5.74, 6) is 0. The predicted octanol–water partition coefficient (Wildman–Crippen LogP) is 4.68. The maximum atomic E-state index is 7.81. The topological polar surface area (TPSA) is 77.5 Å². The van der Waals surface area contributed by atoms with Gasteiger partial charge in [-0.25, -0.2) is 4.99 Å². The van der Waals surface area contributed by atoms with Gasteiger partial charge in [0, 0.05) is 18.3 Å². The van der Waals surface area contributed by atoms with Gasteiger partial charge < -0.3 is 21.4 Å². The van der Waals surface area contributed by atoms with Crippen LogP contribution in [-0.4, -0.2) is 42.0 Å². The quantitative estimate of drug-likeness (QED) is 0.605. The molecule has 1 aromatic rings. The zero-order valence-corrected chi connectivity index (χ0v) is 17.7. The third-order valence-corrected chi connectivity index (χ3v) is 5.28. The molecule has 0 amide bonds. The van der Waals surface area contributed by atoms with Gasteiger partial charge in [-0.05, 0) is 81.3 Å². The number of nitrogens with one attached hydrogen (secondary N) is 2. The maximum absolute atomic E-state index is 7.81. The van der Waals surface area contributed by atoms with Crippen LogP contribution in [0.15, 0.2) is 52.7 Å². The minimum Gasteiger partial charge on any atom is -0.397 e. The van der Waals surface area contributed by atoms with Gasteiger partial charge in [-0.1, -0.05) is 13.3 Å². The molecule has 1 aliphatic carbocycles. The van der Waals surface area contributed by atoms with Crippen molar-refractivity contribution >= 4 is 35.2 Å². The van der Waals surface area contributed by atoms with Crippen LogP contribution in [0.25, 0.3) is 0 Å². The summed E-state index contributed by atoms with van der Waals surface area (Å²) in [4.78, 5) is 7.21. The molecule has 1 heterocycles. The second-order valence-electron chi connectivity index (χ2n) is 7.50. The second-order valence-corrected chi connectivity index (χ2v) is 7.50. The van der Waals surface area contributed by atoms with Crippen molar-refractivity contribution in [1.29, 1.82) is 5.41 Å². The fraction of sp³-hybridized carbons (Fsp3) is 0.455. The van der Waals surface area contributed by atoms with E-state index in [1.54, 1.807) is 6.08 Å². The summed E-state index contributed by atoms with van der Waals surface area (Å²) in [5, 5.41) is 11.5. The van der Waals surface area contributed by atoms with Crippen LogP contribution >= 0.6 is 12.4 Å². The Labute approximate surface area is 174 Å². The summed E-state index contributed by atoms with van der Waals surface area (Å²) < 4.78 is 0. The summed E-state index contributed by atoms with van der Waals surface area (Å²) >= 11 is 0. The van der Waals surface area contributed by atoms with Gasteiger partial charge in [-0.15, -0.1) is 12.4 Å². The molecule has 0 bridgehead atoms. The molecule has 6 heteroatoms. The number of rotatable bonds is 6. The molecule has 0 saturated carbocycles. The smallest absolute Gasteiger partial charge is 0.0870 e. The van der Waals surface area contributed by atoms with E-state index in [1.165, 1.54) is 32.4 Å². The van der Waals surface area contributed by atoms with Gasteiger partial charge in [-0.2, -0.15) is 0 Å². The molecule has 1 atom stereocenters. The Bertz CT molecular complexity index is 758. The number of nitrogens with two attached hydrogens (primary N) is 1. The third kappa shape index (κ3) is 5.94. The fourth-order valence-electron chi connectivity index (χ4n) is 3.54. The third-order valence-electron chi connectivity index (χ3n) is 5.28. The van der Waals surface area contributed by atoms with Crippen molar-refractivity contribution in [2.75, 3.05) is 25.0 Å². The van der Waals surface area contributed by atoms with Gasteiger partial charge in [-0.3, -0.25) is 0 Å². The Hall–Kier alpha value is -2.11. The average molecular weight is 402 g/mol. The highest BCUT2D eigenvalue weighted by Gasteiger charge is 2.15. The summed E-state index contributed by atoms with van der Waals surface area (Å²) in [7, 11) is 0. The Kier molecular flexibility index (Phi) is 8.27. The van der Waals surface area contributed by atoms with E-state index in [2.05, 4.69) is 34.3 Å². The number of benzene rings is 1. The van der Waals surface area contributed by atoms with E-state index in [-0.39, 0.29) is 12.4 Å². The molecule has 28 heavy (non-hydrogen) atoms. The van der Waals surface area contributed by atoms with Crippen LogP contribution in [0.4, 0.5) is 11.4 Å². The van der Waals surface area contributed by atoms with Gasteiger partial charge in [0.25, 0.3) is 0 Å². The molecule has 2 aliphatic rings. The standard InChI is InChI=1S/C22H31N5.ClH/c1-3-17(15-27-11-5-4-6-12-27)25-18-7-9-19(10-8-18)26-22-13-16(2)20(23)14-21(22)24;/h7-10,13-14,17,23,25H,3-6,11-12,15,24H2,1-2H3;1H.